The number of nitrogens with zero attached hydrogens (tertiary/aromatic N) is 1. The Morgan fingerprint density at radius 2 is 1.72 bits per heavy atom. The van der Waals surface area contributed by atoms with Gasteiger partial charge in [0.15, 0.2) is 0 Å². The smallest absolute Gasteiger partial charge is 0.254 e. The van der Waals surface area contributed by atoms with Crippen molar-refractivity contribution in [1.82, 2.24) is 10.2 Å². The molecule has 1 N–H and O–H groups in total. The average molecular weight is 336 g/mol. The SMILES string of the molecule is Cc1ccc(C2C(=O)NCCN2C(=O)c2ccc(C(C)C)cc2)cc1. The largest absolute Gasteiger partial charge is 0.352 e. The van der Waals surface area contributed by atoms with Crippen LogP contribution in [-0.2, 0) is 4.79 Å². The first-order valence-electron chi connectivity index (χ1n) is 8.72. The van der Waals surface area contributed by atoms with Crippen LogP contribution in [0, 0.1) is 6.92 Å². The number of nitrogens with one attached hydrogen (secondary N) is 1. The third-order valence-electron chi connectivity index (χ3n) is 4.69. The van der Waals surface area contributed by atoms with Gasteiger partial charge >= 0.3 is 0 Å². The molecule has 130 valence electrons. The molecule has 0 aliphatic carbocycles. The Morgan fingerprint density at radius 3 is 2.32 bits per heavy atom. The molecule has 0 aromatic heterocycles. The molecule has 0 bridgehead atoms. The number of rotatable bonds is 3. The van der Waals surface area contributed by atoms with Gasteiger partial charge in [-0.2, -0.15) is 0 Å². The first-order valence-corrected chi connectivity index (χ1v) is 8.72. The zero-order valence-corrected chi connectivity index (χ0v) is 15.0. The molecule has 1 atom stereocenters. The van der Waals surface area contributed by atoms with E-state index < -0.39 is 6.04 Å². The van der Waals surface area contributed by atoms with Gasteiger partial charge in [-0.05, 0) is 36.1 Å². The van der Waals surface area contributed by atoms with E-state index >= 15 is 0 Å². The summed E-state index contributed by atoms with van der Waals surface area (Å²) < 4.78 is 0. The summed E-state index contributed by atoms with van der Waals surface area (Å²) >= 11 is 0. The lowest BCUT2D eigenvalue weighted by atomic mass is 9.98. The Kier molecular flexibility index (Phi) is 4.88. The summed E-state index contributed by atoms with van der Waals surface area (Å²) in [6.45, 7) is 7.24. The van der Waals surface area contributed by atoms with Crippen molar-refractivity contribution in [1.29, 1.82) is 0 Å². The van der Waals surface area contributed by atoms with Gasteiger partial charge in [-0.25, -0.2) is 0 Å². The van der Waals surface area contributed by atoms with Crippen LogP contribution in [0.2, 0.25) is 0 Å². The highest BCUT2D eigenvalue weighted by atomic mass is 16.2. The molecule has 3 rings (SSSR count). The van der Waals surface area contributed by atoms with E-state index in [0.717, 1.165) is 11.1 Å². The van der Waals surface area contributed by atoms with E-state index in [-0.39, 0.29) is 11.8 Å². The molecule has 1 fully saturated rings. The molecule has 1 unspecified atom stereocenters. The van der Waals surface area contributed by atoms with E-state index in [1.165, 1.54) is 5.56 Å². The van der Waals surface area contributed by atoms with Gasteiger partial charge in [0, 0.05) is 18.7 Å². The lowest BCUT2D eigenvalue weighted by Gasteiger charge is -2.35. The quantitative estimate of drug-likeness (QED) is 0.933. The van der Waals surface area contributed by atoms with Gasteiger partial charge in [0.1, 0.15) is 6.04 Å². The minimum atomic E-state index is -0.577. The van der Waals surface area contributed by atoms with E-state index in [1.54, 1.807) is 4.90 Å². The van der Waals surface area contributed by atoms with E-state index in [2.05, 4.69) is 19.2 Å². The molecular formula is C21H24N2O2. The Bertz CT molecular complexity index is 763. The van der Waals surface area contributed by atoms with Crippen molar-refractivity contribution >= 4 is 11.8 Å². The topological polar surface area (TPSA) is 49.4 Å². The number of piperazine rings is 1. The number of benzene rings is 2. The zero-order valence-electron chi connectivity index (χ0n) is 15.0. The number of aryl methyl sites for hydroxylation is 1. The summed E-state index contributed by atoms with van der Waals surface area (Å²) in [5, 5.41) is 2.87. The maximum Gasteiger partial charge on any atom is 0.254 e. The monoisotopic (exact) mass is 336 g/mol. The van der Waals surface area contributed by atoms with Crippen LogP contribution in [0.1, 0.15) is 52.9 Å². The predicted octanol–water partition coefficient (Wildman–Crippen LogP) is 3.43. The normalized spacial score (nSPS) is 17.5. The fraction of sp³-hybridized carbons (Fsp3) is 0.333. The van der Waals surface area contributed by atoms with Crippen LogP contribution in [-0.4, -0.2) is 29.8 Å². The summed E-state index contributed by atoms with van der Waals surface area (Å²) in [6.07, 6.45) is 0. The molecule has 2 aromatic carbocycles. The van der Waals surface area contributed by atoms with Gasteiger partial charge in [-0.3, -0.25) is 9.59 Å². The Hall–Kier alpha value is -2.62. The maximum absolute atomic E-state index is 13.0. The van der Waals surface area contributed by atoms with Crippen LogP contribution in [0.5, 0.6) is 0 Å². The molecule has 4 heteroatoms. The van der Waals surface area contributed by atoms with E-state index in [9.17, 15) is 9.59 Å². The minimum Gasteiger partial charge on any atom is -0.352 e. The summed E-state index contributed by atoms with van der Waals surface area (Å²) in [6, 6.07) is 14.9. The number of hydrogen-bond acceptors (Lipinski definition) is 2. The van der Waals surface area contributed by atoms with Crippen LogP contribution in [0.4, 0.5) is 0 Å². The molecule has 1 aliphatic rings. The standard InChI is InChI=1S/C21H24N2O2/c1-14(2)16-8-10-18(11-9-16)21(25)23-13-12-22-20(24)19(23)17-6-4-15(3)5-7-17/h4-11,14,19H,12-13H2,1-3H3,(H,22,24). The van der Waals surface area contributed by atoms with Crippen LogP contribution in [0.3, 0.4) is 0 Å². The first kappa shape index (κ1) is 17.2. The molecule has 2 aromatic rings. The summed E-state index contributed by atoms with van der Waals surface area (Å²) in [5.41, 5.74) is 3.79. The Morgan fingerprint density at radius 1 is 1.08 bits per heavy atom. The molecule has 4 nitrogen and oxygen atoms in total. The van der Waals surface area contributed by atoms with E-state index in [4.69, 9.17) is 0 Å². The second-order valence-electron chi connectivity index (χ2n) is 6.88. The van der Waals surface area contributed by atoms with Gasteiger partial charge in [0.25, 0.3) is 5.91 Å². The molecule has 1 heterocycles. The predicted molar refractivity (Wildman–Crippen MR) is 98.5 cm³/mol. The maximum atomic E-state index is 13.0. The molecule has 0 spiro atoms. The van der Waals surface area contributed by atoms with Gasteiger partial charge < -0.3 is 10.2 Å². The first-order chi connectivity index (χ1) is 12.0. The lowest BCUT2D eigenvalue weighted by Crippen LogP contribution is -2.52. The van der Waals surface area contributed by atoms with Gasteiger partial charge in [0.05, 0.1) is 0 Å². The zero-order chi connectivity index (χ0) is 18.0. The second kappa shape index (κ2) is 7.09. The van der Waals surface area contributed by atoms with Crippen LogP contribution < -0.4 is 5.32 Å². The number of amides is 2. The van der Waals surface area contributed by atoms with Crippen molar-refractivity contribution in [3.8, 4) is 0 Å². The summed E-state index contributed by atoms with van der Waals surface area (Å²) in [4.78, 5) is 27.2. The third-order valence-corrected chi connectivity index (χ3v) is 4.69. The van der Waals surface area contributed by atoms with Crippen molar-refractivity contribution in [2.45, 2.75) is 32.7 Å². The van der Waals surface area contributed by atoms with Crippen molar-refractivity contribution in [2.24, 2.45) is 0 Å². The minimum absolute atomic E-state index is 0.101. The van der Waals surface area contributed by atoms with Crippen LogP contribution in [0.25, 0.3) is 0 Å². The fourth-order valence-electron chi connectivity index (χ4n) is 3.14. The molecular weight excluding hydrogens is 312 g/mol. The third kappa shape index (κ3) is 3.58. The van der Waals surface area contributed by atoms with E-state index in [0.29, 0.717) is 24.6 Å². The summed E-state index contributed by atoms with van der Waals surface area (Å²) in [7, 11) is 0. The van der Waals surface area contributed by atoms with Gasteiger partial charge in [-0.1, -0.05) is 55.8 Å². The number of carbonyl (C=O) groups excluding carboxylic acids is 2. The second-order valence-corrected chi connectivity index (χ2v) is 6.88. The number of carbonyl (C=O) groups is 2. The van der Waals surface area contributed by atoms with Crippen LogP contribution >= 0.6 is 0 Å². The summed E-state index contributed by atoms with van der Waals surface area (Å²) in [5.74, 6) is 0.197. The van der Waals surface area contributed by atoms with Gasteiger partial charge in [0.2, 0.25) is 5.91 Å². The van der Waals surface area contributed by atoms with Crippen molar-refractivity contribution in [3.05, 3.63) is 70.8 Å². The van der Waals surface area contributed by atoms with E-state index in [1.807, 2.05) is 55.5 Å². The average Bonchev–Trinajstić information content (AvgIpc) is 2.62. The lowest BCUT2D eigenvalue weighted by molar-refractivity contribution is -0.128. The molecule has 1 saturated heterocycles. The van der Waals surface area contributed by atoms with Crippen LogP contribution in [0.15, 0.2) is 48.5 Å². The molecule has 25 heavy (non-hydrogen) atoms. The molecule has 0 radical (unpaired) electrons. The fourth-order valence-corrected chi connectivity index (χ4v) is 3.14. The highest BCUT2D eigenvalue weighted by molar-refractivity contribution is 5.98. The Labute approximate surface area is 148 Å². The Balaban J connectivity index is 1.90. The van der Waals surface area contributed by atoms with Gasteiger partial charge in [-0.15, -0.1) is 0 Å². The molecule has 1 aliphatic heterocycles. The molecule has 0 saturated carbocycles. The highest BCUT2D eigenvalue weighted by Crippen LogP contribution is 2.26. The molecule has 2 amide bonds. The van der Waals surface area contributed by atoms with Crippen molar-refractivity contribution in [2.75, 3.05) is 13.1 Å². The van der Waals surface area contributed by atoms with Crippen molar-refractivity contribution < 1.29 is 9.59 Å². The number of hydrogen-bond donors (Lipinski definition) is 1. The van der Waals surface area contributed by atoms with Crippen molar-refractivity contribution in [3.63, 3.8) is 0 Å². The highest BCUT2D eigenvalue weighted by Gasteiger charge is 2.34.